The van der Waals surface area contributed by atoms with E-state index >= 15 is 0 Å². The van der Waals surface area contributed by atoms with Gasteiger partial charge in [0.1, 0.15) is 0 Å². The molecule has 0 aromatic carbocycles. The second kappa shape index (κ2) is 7.59. The Bertz CT molecular complexity index is 521. The molecule has 2 atom stereocenters. The van der Waals surface area contributed by atoms with Crippen LogP contribution in [0.15, 0.2) is 18.5 Å². The fraction of sp³-hybridized carbons (Fsp3) is 0.417. The lowest BCUT2D eigenvalue weighted by molar-refractivity contribution is 0.0696. The van der Waals surface area contributed by atoms with Crippen molar-refractivity contribution in [1.82, 2.24) is 10.3 Å². The highest BCUT2D eigenvalue weighted by Gasteiger charge is 2.08. The first-order chi connectivity index (χ1) is 9.40. The molecule has 0 saturated heterocycles. The molecule has 0 bridgehead atoms. The fourth-order valence-corrected chi connectivity index (χ4v) is 1.81. The third-order valence-corrected chi connectivity index (χ3v) is 4.02. The highest BCUT2D eigenvalue weighted by atomic mass is 32.2. The zero-order valence-electron chi connectivity index (χ0n) is 11.3. The Balaban J connectivity index is 2.44. The SMILES string of the molecule is CC(CCNC(=O)Nc1cncc(C(=O)O)c1)S(C)=O. The number of amides is 2. The van der Waals surface area contributed by atoms with Gasteiger partial charge in [-0.15, -0.1) is 0 Å². The van der Waals surface area contributed by atoms with Gasteiger partial charge < -0.3 is 15.7 Å². The van der Waals surface area contributed by atoms with Gasteiger partial charge in [-0.25, -0.2) is 9.59 Å². The van der Waals surface area contributed by atoms with Gasteiger partial charge in [0.25, 0.3) is 0 Å². The third-order valence-electron chi connectivity index (χ3n) is 2.65. The first-order valence-electron chi connectivity index (χ1n) is 5.95. The van der Waals surface area contributed by atoms with Crippen molar-refractivity contribution >= 4 is 28.5 Å². The second-order valence-corrected chi connectivity index (χ2v) is 6.05. The fourth-order valence-electron chi connectivity index (χ4n) is 1.36. The minimum atomic E-state index is -1.11. The summed E-state index contributed by atoms with van der Waals surface area (Å²) in [5, 5.41) is 13.9. The number of pyridine rings is 1. The molecule has 1 rings (SSSR count). The summed E-state index contributed by atoms with van der Waals surface area (Å²) in [6.07, 6.45) is 4.77. The number of nitrogens with one attached hydrogen (secondary N) is 2. The molecular weight excluding hydrogens is 282 g/mol. The number of carbonyl (C=O) groups excluding carboxylic acids is 1. The van der Waals surface area contributed by atoms with Crippen LogP contribution in [0.1, 0.15) is 23.7 Å². The summed E-state index contributed by atoms with van der Waals surface area (Å²) in [6, 6.07) is 0.863. The van der Waals surface area contributed by atoms with Crippen molar-refractivity contribution in [1.29, 1.82) is 0 Å². The normalized spacial score (nSPS) is 13.3. The van der Waals surface area contributed by atoms with E-state index in [1.165, 1.54) is 18.5 Å². The molecule has 2 amide bonds. The summed E-state index contributed by atoms with van der Waals surface area (Å²) in [5.74, 6) is -1.11. The number of aromatic carboxylic acids is 1. The monoisotopic (exact) mass is 299 g/mol. The first kappa shape index (κ1) is 16.1. The van der Waals surface area contributed by atoms with Crippen molar-refractivity contribution in [3.8, 4) is 0 Å². The van der Waals surface area contributed by atoms with Gasteiger partial charge in [0.2, 0.25) is 0 Å². The first-order valence-corrected chi connectivity index (χ1v) is 7.57. The number of carbonyl (C=O) groups is 2. The average Bonchev–Trinajstić information content (AvgIpc) is 2.38. The number of anilines is 1. The predicted octanol–water partition coefficient (Wildman–Crippen LogP) is 1.06. The minimum Gasteiger partial charge on any atom is -0.478 e. The molecule has 20 heavy (non-hydrogen) atoms. The summed E-state index contributed by atoms with van der Waals surface area (Å²) in [7, 11) is -0.918. The van der Waals surface area contributed by atoms with E-state index in [2.05, 4.69) is 15.6 Å². The lowest BCUT2D eigenvalue weighted by Gasteiger charge is -2.10. The van der Waals surface area contributed by atoms with Crippen LogP contribution in [-0.4, -0.2) is 44.4 Å². The Morgan fingerprint density at radius 2 is 2.15 bits per heavy atom. The number of carboxylic acid groups (broad SMARTS) is 1. The zero-order chi connectivity index (χ0) is 15.1. The van der Waals surface area contributed by atoms with Gasteiger partial charge in [-0.05, 0) is 12.5 Å². The van der Waals surface area contributed by atoms with Crippen LogP contribution in [0.4, 0.5) is 10.5 Å². The summed E-state index contributed by atoms with van der Waals surface area (Å²) >= 11 is 0. The van der Waals surface area contributed by atoms with Gasteiger partial charge in [-0.2, -0.15) is 0 Å². The molecule has 110 valence electrons. The average molecular weight is 299 g/mol. The van der Waals surface area contributed by atoms with Crippen LogP contribution < -0.4 is 10.6 Å². The van der Waals surface area contributed by atoms with E-state index < -0.39 is 22.8 Å². The molecule has 7 nitrogen and oxygen atoms in total. The van der Waals surface area contributed by atoms with Gasteiger partial charge >= 0.3 is 12.0 Å². The van der Waals surface area contributed by atoms with E-state index in [1.54, 1.807) is 6.26 Å². The van der Waals surface area contributed by atoms with E-state index in [1.807, 2.05) is 6.92 Å². The van der Waals surface area contributed by atoms with Crippen molar-refractivity contribution in [2.75, 3.05) is 18.1 Å². The standard InChI is InChI=1S/C12H17N3O4S/c1-8(20(2)19)3-4-14-12(18)15-10-5-9(11(16)17)6-13-7-10/h5-8H,3-4H2,1-2H3,(H,16,17)(H2,14,15,18). The lowest BCUT2D eigenvalue weighted by atomic mass is 10.2. The van der Waals surface area contributed by atoms with Crippen molar-refractivity contribution in [3.05, 3.63) is 24.0 Å². The Hall–Kier alpha value is -1.96. The number of hydrogen-bond donors (Lipinski definition) is 3. The Labute approximate surface area is 119 Å². The number of urea groups is 1. The van der Waals surface area contributed by atoms with E-state index in [0.717, 1.165) is 0 Å². The second-order valence-electron chi connectivity index (χ2n) is 4.25. The Morgan fingerprint density at radius 1 is 1.45 bits per heavy atom. The maximum atomic E-state index is 11.6. The molecule has 0 aliphatic rings. The zero-order valence-corrected chi connectivity index (χ0v) is 12.1. The van der Waals surface area contributed by atoms with Crippen LogP contribution in [0.5, 0.6) is 0 Å². The smallest absolute Gasteiger partial charge is 0.337 e. The van der Waals surface area contributed by atoms with Gasteiger partial charge in [-0.1, -0.05) is 6.92 Å². The number of hydrogen-bond acceptors (Lipinski definition) is 4. The molecule has 0 saturated carbocycles. The van der Waals surface area contributed by atoms with Crippen LogP contribution in [0.25, 0.3) is 0 Å². The lowest BCUT2D eigenvalue weighted by Crippen LogP contribution is -2.31. The van der Waals surface area contributed by atoms with Gasteiger partial charge in [-0.3, -0.25) is 9.19 Å². The minimum absolute atomic E-state index is 0.00204. The van der Waals surface area contributed by atoms with E-state index in [4.69, 9.17) is 5.11 Å². The van der Waals surface area contributed by atoms with Crippen LogP contribution in [0.3, 0.4) is 0 Å². The molecular formula is C12H17N3O4S. The van der Waals surface area contributed by atoms with Crippen LogP contribution >= 0.6 is 0 Å². The van der Waals surface area contributed by atoms with Gasteiger partial charge in [0.15, 0.2) is 0 Å². The Morgan fingerprint density at radius 3 is 2.75 bits per heavy atom. The van der Waals surface area contributed by atoms with Gasteiger partial charge in [0.05, 0.1) is 17.4 Å². The summed E-state index contributed by atoms with van der Waals surface area (Å²) in [4.78, 5) is 26.1. The highest BCUT2D eigenvalue weighted by Crippen LogP contribution is 2.08. The topological polar surface area (TPSA) is 108 Å². The third kappa shape index (κ3) is 5.35. The quantitative estimate of drug-likeness (QED) is 0.727. The molecule has 1 heterocycles. The number of nitrogens with zero attached hydrogens (tertiary/aromatic N) is 1. The molecule has 8 heteroatoms. The summed E-state index contributed by atoms with van der Waals surface area (Å²) in [5.41, 5.74) is 0.298. The Kier molecular flexibility index (Phi) is 6.10. The number of aromatic nitrogens is 1. The maximum Gasteiger partial charge on any atom is 0.337 e. The van der Waals surface area contributed by atoms with Crippen LogP contribution in [0.2, 0.25) is 0 Å². The largest absolute Gasteiger partial charge is 0.478 e. The van der Waals surface area contributed by atoms with E-state index in [9.17, 15) is 13.8 Å². The molecule has 1 aromatic heterocycles. The molecule has 0 aliphatic heterocycles. The maximum absolute atomic E-state index is 11.6. The van der Waals surface area contributed by atoms with E-state index in [0.29, 0.717) is 18.7 Å². The van der Waals surface area contributed by atoms with Crippen LogP contribution in [0, 0.1) is 0 Å². The summed E-state index contributed by atoms with van der Waals surface area (Å²) in [6.45, 7) is 2.23. The van der Waals surface area contributed by atoms with Gasteiger partial charge in [0, 0.05) is 35.0 Å². The van der Waals surface area contributed by atoms with E-state index in [-0.39, 0.29) is 10.8 Å². The number of rotatable bonds is 6. The molecule has 0 spiro atoms. The number of carboxylic acids is 1. The molecule has 0 fully saturated rings. The highest BCUT2D eigenvalue weighted by molar-refractivity contribution is 7.84. The molecule has 0 aliphatic carbocycles. The van der Waals surface area contributed by atoms with Crippen molar-refractivity contribution in [2.24, 2.45) is 0 Å². The van der Waals surface area contributed by atoms with Crippen molar-refractivity contribution in [3.63, 3.8) is 0 Å². The molecule has 0 radical (unpaired) electrons. The van der Waals surface area contributed by atoms with Crippen molar-refractivity contribution < 1.29 is 18.9 Å². The molecule has 3 N–H and O–H groups in total. The predicted molar refractivity (Wildman–Crippen MR) is 76.4 cm³/mol. The van der Waals surface area contributed by atoms with Crippen LogP contribution in [-0.2, 0) is 10.8 Å². The summed E-state index contributed by atoms with van der Waals surface area (Å²) < 4.78 is 11.1. The molecule has 2 unspecified atom stereocenters. The molecule has 1 aromatic rings. The van der Waals surface area contributed by atoms with Crippen molar-refractivity contribution in [2.45, 2.75) is 18.6 Å².